The summed E-state index contributed by atoms with van der Waals surface area (Å²) in [5.74, 6) is -0.943. The fourth-order valence-electron chi connectivity index (χ4n) is 0.963. The second-order valence-corrected chi connectivity index (χ2v) is 2.59. The van der Waals surface area contributed by atoms with Gasteiger partial charge in [-0.1, -0.05) is 12.1 Å². The van der Waals surface area contributed by atoms with Crippen LogP contribution in [0.2, 0.25) is 0 Å². The minimum absolute atomic E-state index is 0.0224. The molecular formula is C9H8F2O3. The van der Waals surface area contributed by atoms with E-state index in [1.165, 1.54) is 24.3 Å². The van der Waals surface area contributed by atoms with Gasteiger partial charge in [-0.15, -0.1) is 0 Å². The van der Waals surface area contributed by atoms with E-state index >= 15 is 0 Å². The second kappa shape index (κ2) is 4.55. The molecule has 0 amide bonds. The summed E-state index contributed by atoms with van der Waals surface area (Å²) in [6.07, 6.45) is -0.130. The third-order valence-corrected chi connectivity index (χ3v) is 1.50. The highest BCUT2D eigenvalue weighted by Gasteiger charge is 2.04. The summed E-state index contributed by atoms with van der Waals surface area (Å²) >= 11 is 0. The van der Waals surface area contributed by atoms with Gasteiger partial charge in [0.2, 0.25) is 0 Å². The van der Waals surface area contributed by atoms with Crippen LogP contribution in [0.15, 0.2) is 24.3 Å². The number of aliphatic carboxylic acids is 1. The van der Waals surface area contributed by atoms with Crippen LogP contribution in [0.1, 0.15) is 5.56 Å². The fourth-order valence-corrected chi connectivity index (χ4v) is 0.963. The standard InChI is InChI=1S/C9H8F2O3/c10-9(11)14-7-3-1-6(2-4-7)5-8(12)13/h1-4,9H,5H2,(H,12,13). The summed E-state index contributed by atoms with van der Waals surface area (Å²) in [7, 11) is 0. The Morgan fingerprint density at radius 1 is 1.36 bits per heavy atom. The van der Waals surface area contributed by atoms with Gasteiger partial charge in [0.1, 0.15) is 5.75 Å². The zero-order valence-corrected chi connectivity index (χ0v) is 7.11. The van der Waals surface area contributed by atoms with Gasteiger partial charge in [-0.05, 0) is 17.7 Å². The Morgan fingerprint density at radius 3 is 2.36 bits per heavy atom. The number of hydrogen-bond acceptors (Lipinski definition) is 2. The number of carboxylic acid groups (broad SMARTS) is 1. The Labute approximate surface area is 78.9 Å². The van der Waals surface area contributed by atoms with Crippen LogP contribution in [0.25, 0.3) is 0 Å². The van der Waals surface area contributed by atoms with Gasteiger partial charge in [-0.3, -0.25) is 4.79 Å². The lowest BCUT2D eigenvalue weighted by molar-refractivity contribution is -0.136. The first-order chi connectivity index (χ1) is 6.58. The van der Waals surface area contributed by atoms with Gasteiger partial charge in [0, 0.05) is 0 Å². The zero-order valence-electron chi connectivity index (χ0n) is 7.11. The van der Waals surface area contributed by atoms with E-state index in [2.05, 4.69) is 4.74 Å². The quantitative estimate of drug-likeness (QED) is 0.811. The predicted octanol–water partition coefficient (Wildman–Crippen LogP) is 1.92. The molecule has 14 heavy (non-hydrogen) atoms. The minimum atomic E-state index is -2.86. The van der Waals surface area contributed by atoms with Gasteiger partial charge < -0.3 is 9.84 Å². The van der Waals surface area contributed by atoms with Gasteiger partial charge in [0.25, 0.3) is 0 Å². The average Bonchev–Trinajstić information content (AvgIpc) is 2.06. The van der Waals surface area contributed by atoms with Crippen molar-refractivity contribution in [3.63, 3.8) is 0 Å². The van der Waals surface area contributed by atoms with Crippen molar-refractivity contribution in [2.24, 2.45) is 0 Å². The third-order valence-electron chi connectivity index (χ3n) is 1.50. The monoisotopic (exact) mass is 202 g/mol. The molecule has 0 atom stereocenters. The molecule has 0 saturated heterocycles. The molecular weight excluding hydrogens is 194 g/mol. The van der Waals surface area contributed by atoms with Crippen LogP contribution in [0.3, 0.4) is 0 Å². The first-order valence-electron chi connectivity index (χ1n) is 3.83. The average molecular weight is 202 g/mol. The van der Waals surface area contributed by atoms with Crippen molar-refractivity contribution < 1.29 is 23.4 Å². The summed E-state index contributed by atoms with van der Waals surface area (Å²) in [6, 6.07) is 5.49. The maximum absolute atomic E-state index is 11.7. The Morgan fingerprint density at radius 2 is 1.93 bits per heavy atom. The van der Waals surface area contributed by atoms with Gasteiger partial charge in [0.15, 0.2) is 0 Å². The van der Waals surface area contributed by atoms with Gasteiger partial charge in [-0.25, -0.2) is 0 Å². The van der Waals surface area contributed by atoms with Crippen molar-refractivity contribution in [3.05, 3.63) is 29.8 Å². The van der Waals surface area contributed by atoms with E-state index in [4.69, 9.17) is 5.11 Å². The van der Waals surface area contributed by atoms with Gasteiger partial charge in [-0.2, -0.15) is 8.78 Å². The number of alkyl halides is 2. The normalized spacial score (nSPS) is 10.2. The topological polar surface area (TPSA) is 46.5 Å². The molecule has 5 heteroatoms. The maximum Gasteiger partial charge on any atom is 0.387 e. The van der Waals surface area contributed by atoms with E-state index in [0.29, 0.717) is 5.56 Å². The highest BCUT2D eigenvalue weighted by atomic mass is 19.3. The number of halogens is 2. The van der Waals surface area contributed by atoms with Gasteiger partial charge in [0.05, 0.1) is 6.42 Å². The Bertz CT molecular complexity index is 308. The van der Waals surface area contributed by atoms with E-state index in [0.717, 1.165) is 0 Å². The third kappa shape index (κ3) is 3.38. The molecule has 0 aromatic heterocycles. The van der Waals surface area contributed by atoms with Crippen LogP contribution < -0.4 is 4.74 Å². The molecule has 3 nitrogen and oxygen atoms in total. The molecule has 0 heterocycles. The zero-order chi connectivity index (χ0) is 10.6. The highest BCUT2D eigenvalue weighted by Crippen LogP contribution is 2.14. The number of benzene rings is 1. The van der Waals surface area contributed by atoms with Crippen LogP contribution in [0.4, 0.5) is 8.78 Å². The molecule has 0 spiro atoms. The van der Waals surface area contributed by atoms with E-state index in [1.54, 1.807) is 0 Å². The summed E-state index contributed by atoms with van der Waals surface area (Å²) in [6.45, 7) is -2.86. The summed E-state index contributed by atoms with van der Waals surface area (Å²) in [5, 5.41) is 8.43. The first-order valence-corrected chi connectivity index (χ1v) is 3.83. The van der Waals surface area contributed by atoms with E-state index < -0.39 is 12.6 Å². The predicted molar refractivity (Wildman–Crippen MR) is 44.4 cm³/mol. The molecule has 0 radical (unpaired) electrons. The molecule has 0 bridgehead atoms. The molecule has 1 aromatic carbocycles. The summed E-state index contributed by atoms with van der Waals surface area (Å²) in [5.41, 5.74) is 0.541. The van der Waals surface area contributed by atoms with Crippen molar-refractivity contribution in [2.45, 2.75) is 13.0 Å². The number of hydrogen-bond donors (Lipinski definition) is 1. The van der Waals surface area contributed by atoms with Crippen molar-refractivity contribution in [1.82, 2.24) is 0 Å². The SMILES string of the molecule is O=C(O)Cc1ccc(OC(F)F)cc1. The van der Waals surface area contributed by atoms with Crippen molar-refractivity contribution in [1.29, 1.82) is 0 Å². The van der Waals surface area contributed by atoms with E-state index in [9.17, 15) is 13.6 Å². The molecule has 1 aromatic rings. The lowest BCUT2D eigenvalue weighted by atomic mass is 10.1. The molecule has 1 N–H and O–H groups in total. The molecule has 76 valence electrons. The number of ether oxygens (including phenoxy) is 1. The molecule has 0 aliphatic carbocycles. The molecule has 1 rings (SSSR count). The van der Waals surface area contributed by atoms with Gasteiger partial charge >= 0.3 is 12.6 Å². The van der Waals surface area contributed by atoms with Crippen molar-refractivity contribution in [2.75, 3.05) is 0 Å². The largest absolute Gasteiger partial charge is 0.481 e. The summed E-state index contributed by atoms with van der Waals surface area (Å²) in [4.78, 5) is 10.3. The Balaban J connectivity index is 2.63. The lowest BCUT2D eigenvalue weighted by Crippen LogP contribution is -2.03. The highest BCUT2D eigenvalue weighted by molar-refractivity contribution is 5.70. The first kappa shape index (κ1) is 10.4. The van der Waals surface area contributed by atoms with Crippen LogP contribution in [0, 0.1) is 0 Å². The molecule has 0 aliphatic heterocycles. The summed E-state index contributed by atoms with van der Waals surface area (Å²) < 4.78 is 27.5. The Hall–Kier alpha value is -1.65. The lowest BCUT2D eigenvalue weighted by Gasteiger charge is -2.04. The number of carbonyl (C=O) groups is 1. The maximum atomic E-state index is 11.7. The van der Waals surface area contributed by atoms with Crippen LogP contribution in [0.5, 0.6) is 5.75 Å². The van der Waals surface area contributed by atoms with E-state index in [-0.39, 0.29) is 12.2 Å². The van der Waals surface area contributed by atoms with Crippen molar-refractivity contribution >= 4 is 5.97 Å². The fraction of sp³-hybridized carbons (Fsp3) is 0.222. The second-order valence-electron chi connectivity index (χ2n) is 2.59. The molecule has 0 aliphatic rings. The van der Waals surface area contributed by atoms with Crippen LogP contribution in [-0.2, 0) is 11.2 Å². The molecule has 0 saturated carbocycles. The van der Waals surface area contributed by atoms with Crippen LogP contribution >= 0.6 is 0 Å². The van der Waals surface area contributed by atoms with E-state index in [1.807, 2.05) is 0 Å². The molecule has 0 unspecified atom stereocenters. The molecule has 0 fully saturated rings. The Kier molecular flexibility index (Phi) is 3.39. The number of rotatable bonds is 4. The van der Waals surface area contributed by atoms with Crippen molar-refractivity contribution in [3.8, 4) is 5.75 Å². The smallest absolute Gasteiger partial charge is 0.387 e. The van der Waals surface area contributed by atoms with Crippen LogP contribution in [-0.4, -0.2) is 17.7 Å². The number of carboxylic acids is 1. The minimum Gasteiger partial charge on any atom is -0.481 e.